The van der Waals surface area contributed by atoms with Crippen LogP contribution in [0.15, 0.2) is 35.7 Å². The normalized spacial score (nSPS) is 12.6. The zero-order valence-electron chi connectivity index (χ0n) is 10.1. The van der Waals surface area contributed by atoms with Crippen LogP contribution in [0, 0.1) is 11.6 Å². The van der Waals surface area contributed by atoms with E-state index in [1.165, 1.54) is 17.0 Å². The summed E-state index contributed by atoms with van der Waals surface area (Å²) in [4.78, 5) is 1.21. The van der Waals surface area contributed by atoms with Crippen LogP contribution in [0.5, 0.6) is 0 Å². The fraction of sp³-hybridized carbons (Fsp3) is 0.286. The third kappa shape index (κ3) is 3.15. The molecule has 0 radical (unpaired) electrons. The monoisotopic (exact) mass is 267 g/mol. The zero-order chi connectivity index (χ0) is 13.0. The predicted molar refractivity (Wildman–Crippen MR) is 70.8 cm³/mol. The molecule has 0 saturated carbocycles. The summed E-state index contributed by atoms with van der Waals surface area (Å²) in [7, 11) is 0. The minimum atomic E-state index is -0.796. The molecule has 1 heterocycles. The van der Waals surface area contributed by atoms with Gasteiger partial charge in [0.1, 0.15) is 0 Å². The van der Waals surface area contributed by atoms with Gasteiger partial charge in [0, 0.05) is 10.9 Å². The standard InChI is InChI=1S/C14H15F2NS/c1-2-17-13(14-4-3-7-18-14)9-10-5-6-11(15)12(16)8-10/h3-8,13,17H,2,9H2,1H3. The molecule has 0 spiro atoms. The second-order valence-electron chi connectivity index (χ2n) is 4.08. The lowest BCUT2D eigenvalue weighted by Gasteiger charge is -2.16. The van der Waals surface area contributed by atoms with Crippen LogP contribution in [0.4, 0.5) is 8.78 Å². The van der Waals surface area contributed by atoms with Gasteiger partial charge in [-0.1, -0.05) is 19.1 Å². The van der Waals surface area contributed by atoms with Crippen molar-refractivity contribution < 1.29 is 8.78 Å². The summed E-state index contributed by atoms with van der Waals surface area (Å²) in [6, 6.07) is 8.29. The van der Waals surface area contributed by atoms with E-state index in [9.17, 15) is 8.78 Å². The fourth-order valence-corrected chi connectivity index (χ4v) is 2.71. The van der Waals surface area contributed by atoms with Crippen LogP contribution in [0.25, 0.3) is 0 Å². The second kappa shape index (κ2) is 6.07. The van der Waals surface area contributed by atoms with E-state index in [1.807, 2.05) is 18.4 Å². The van der Waals surface area contributed by atoms with Crippen LogP contribution < -0.4 is 5.32 Å². The van der Waals surface area contributed by atoms with Gasteiger partial charge in [-0.25, -0.2) is 8.78 Å². The van der Waals surface area contributed by atoms with Gasteiger partial charge in [-0.05, 0) is 42.1 Å². The molecule has 0 saturated heterocycles. The Morgan fingerprint density at radius 1 is 1.22 bits per heavy atom. The lowest BCUT2D eigenvalue weighted by atomic mass is 10.0. The SMILES string of the molecule is CCNC(Cc1ccc(F)c(F)c1)c1cccs1. The molecule has 0 fully saturated rings. The van der Waals surface area contributed by atoms with Crippen LogP contribution in [0.1, 0.15) is 23.4 Å². The molecule has 1 N–H and O–H groups in total. The summed E-state index contributed by atoms with van der Waals surface area (Å²) in [6.45, 7) is 2.87. The number of rotatable bonds is 5. The lowest BCUT2D eigenvalue weighted by Crippen LogP contribution is -2.22. The first-order chi connectivity index (χ1) is 8.70. The highest BCUT2D eigenvalue weighted by Gasteiger charge is 2.13. The highest BCUT2D eigenvalue weighted by atomic mass is 32.1. The Morgan fingerprint density at radius 3 is 2.67 bits per heavy atom. The van der Waals surface area contributed by atoms with E-state index < -0.39 is 11.6 Å². The topological polar surface area (TPSA) is 12.0 Å². The summed E-state index contributed by atoms with van der Waals surface area (Å²) in [5.41, 5.74) is 0.799. The van der Waals surface area contributed by atoms with E-state index in [1.54, 1.807) is 17.4 Å². The smallest absolute Gasteiger partial charge is 0.159 e. The molecule has 0 amide bonds. The maximum atomic E-state index is 13.2. The summed E-state index contributed by atoms with van der Waals surface area (Å²) >= 11 is 1.67. The number of nitrogens with one attached hydrogen (secondary N) is 1. The zero-order valence-corrected chi connectivity index (χ0v) is 10.9. The highest BCUT2D eigenvalue weighted by molar-refractivity contribution is 7.10. The molecule has 2 rings (SSSR count). The molecule has 0 aliphatic carbocycles. The largest absolute Gasteiger partial charge is 0.309 e. The molecule has 0 aliphatic heterocycles. The van der Waals surface area contributed by atoms with Crippen molar-refractivity contribution in [2.24, 2.45) is 0 Å². The second-order valence-corrected chi connectivity index (χ2v) is 5.06. The van der Waals surface area contributed by atoms with Crippen LogP contribution in [0.2, 0.25) is 0 Å². The predicted octanol–water partition coefficient (Wildman–Crippen LogP) is 3.92. The minimum Gasteiger partial charge on any atom is -0.309 e. The Kier molecular flexibility index (Phi) is 4.44. The molecular formula is C14H15F2NS. The van der Waals surface area contributed by atoms with E-state index >= 15 is 0 Å². The highest BCUT2D eigenvalue weighted by Crippen LogP contribution is 2.23. The third-order valence-electron chi connectivity index (χ3n) is 2.76. The van der Waals surface area contributed by atoms with Crippen molar-refractivity contribution in [1.82, 2.24) is 5.32 Å². The maximum Gasteiger partial charge on any atom is 0.159 e. The summed E-state index contributed by atoms with van der Waals surface area (Å²) in [5, 5.41) is 5.38. The van der Waals surface area contributed by atoms with Gasteiger partial charge in [-0.15, -0.1) is 11.3 Å². The lowest BCUT2D eigenvalue weighted by molar-refractivity contribution is 0.503. The Morgan fingerprint density at radius 2 is 2.06 bits per heavy atom. The van der Waals surface area contributed by atoms with Crippen LogP contribution >= 0.6 is 11.3 Å². The molecule has 1 aromatic heterocycles. The summed E-state index contributed by atoms with van der Waals surface area (Å²) in [6.07, 6.45) is 0.658. The molecule has 1 atom stereocenters. The Bertz CT molecular complexity index is 497. The van der Waals surface area contributed by atoms with E-state index in [-0.39, 0.29) is 6.04 Å². The molecule has 4 heteroatoms. The average Bonchev–Trinajstić information content (AvgIpc) is 2.87. The molecular weight excluding hydrogens is 252 g/mol. The van der Waals surface area contributed by atoms with E-state index in [0.717, 1.165) is 12.1 Å². The van der Waals surface area contributed by atoms with Gasteiger partial charge in [-0.3, -0.25) is 0 Å². The number of hydrogen-bond acceptors (Lipinski definition) is 2. The first-order valence-corrected chi connectivity index (χ1v) is 6.79. The molecule has 96 valence electrons. The molecule has 0 aliphatic rings. The Balaban J connectivity index is 2.16. The van der Waals surface area contributed by atoms with Crippen molar-refractivity contribution in [2.45, 2.75) is 19.4 Å². The molecule has 1 nitrogen and oxygen atoms in total. The van der Waals surface area contributed by atoms with Gasteiger partial charge in [-0.2, -0.15) is 0 Å². The third-order valence-corrected chi connectivity index (χ3v) is 3.75. The molecule has 1 unspecified atom stereocenters. The van der Waals surface area contributed by atoms with Crippen molar-refractivity contribution in [2.75, 3.05) is 6.54 Å². The van der Waals surface area contributed by atoms with Crippen molar-refractivity contribution in [1.29, 1.82) is 0 Å². The van der Waals surface area contributed by atoms with Gasteiger partial charge < -0.3 is 5.32 Å². The first-order valence-electron chi connectivity index (χ1n) is 5.91. The van der Waals surface area contributed by atoms with Crippen molar-refractivity contribution in [3.05, 3.63) is 57.8 Å². The van der Waals surface area contributed by atoms with E-state index in [0.29, 0.717) is 6.42 Å². The number of hydrogen-bond donors (Lipinski definition) is 1. The molecule has 18 heavy (non-hydrogen) atoms. The van der Waals surface area contributed by atoms with E-state index in [2.05, 4.69) is 11.4 Å². The van der Waals surface area contributed by atoms with Gasteiger partial charge >= 0.3 is 0 Å². The van der Waals surface area contributed by atoms with Crippen LogP contribution in [-0.2, 0) is 6.42 Å². The minimum absolute atomic E-state index is 0.153. The van der Waals surface area contributed by atoms with Gasteiger partial charge in [0.25, 0.3) is 0 Å². The van der Waals surface area contributed by atoms with E-state index in [4.69, 9.17) is 0 Å². The number of thiophene rings is 1. The van der Waals surface area contributed by atoms with Gasteiger partial charge in [0.2, 0.25) is 0 Å². The molecule has 1 aromatic carbocycles. The number of likely N-dealkylation sites (N-methyl/N-ethyl adjacent to an activating group) is 1. The average molecular weight is 267 g/mol. The van der Waals surface area contributed by atoms with Gasteiger partial charge in [0.15, 0.2) is 11.6 Å². The summed E-state index contributed by atoms with van der Waals surface area (Å²) < 4.78 is 26.0. The number of halogens is 2. The van der Waals surface area contributed by atoms with Crippen LogP contribution in [-0.4, -0.2) is 6.54 Å². The van der Waals surface area contributed by atoms with Crippen molar-refractivity contribution >= 4 is 11.3 Å². The fourth-order valence-electron chi connectivity index (χ4n) is 1.91. The summed E-state index contributed by atoms with van der Waals surface area (Å²) in [5.74, 6) is -1.58. The van der Waals surface area contributed by atoms with Crippen molar-refractivity contribution in [3.8, 4) is 0 Å². The Hall–Kier alpha value is -1.26. The van der Waals surface area contributed by atoms with Gasteiger partial charge in [0.05, 0.1) is 0 Å². The Labute approximate surface area is 109 Å². The molecule has 2 aromatic rings. The maximum absolute atomic E-state index is 13.2. The van der Waals surface area contributed by atoms with Crippen LogP contribution in [0.3, 0.4) is 0 Å². The molecule has 0 bridgehead atoms. The first kappa shape index (κ1) is 13.2. The quantitative estimate of drug-likeness (QED) is 0.865. The number of benzene rings is 1. The van der Waals surface area contributed by atoms with Crippen molar-refractivity contribution in [3.63, 3.8) is 0 Å².